The summed E-state index contributed by atoms with van der Waals surface area (Å²) in [5.74, 6) is 0.650. The summed E-state index contributed by atoms with van der Waals surface area (Å²) in [6.45, 7) is 7.48. The second-order valence-electron chi connectivity index (χ2n) is 8.76. The summed E-state index contributed by atoms with van der Waals surface area (Å²) >= 11 is 0. The number of fused-ring (bicyclic) bond motifs is 1. The van der Waals surface area contributed by atoms with E-state index in [2.05, 4.69) is 14.8 Å². The Morgan fingerprint density at radius 3 is 2.34 bits per heavy atom. The fourth-order valence-corrected chi connectivity index (χ4v) is 5.05. The molecule has 0 bridgehead atoms. The van der Waals surface area contributed by atoms with Crippen LogP contribution >= 0.6 is 0 Å². The maximum atomic E-state index is 13.3. The quantitative estimate of drug-likeness (QED) is 0.791. The predicted molar refractivity (Wildman–Crippen MR) is 116 cm³/mol. The second-order valence-corrected chi connectivity index (χ2v) is 8.76. The third-order valence-corrected chi connectivity index (χ3v) is 6.86. The third kappa shape index (κ3) is 4.11. The van der Waals surface area contributed by atoms with Crippen LogP contribution in [-0.2, 0) is 4.79 Å². The van der Waals surface area contributed by atoms with E-state index in [-0.39, 0.29) is 17.7 Å². The summed E-state index contributed by atoms with van der Waals surface area (Å²) < 4.78 is 0. The van der Waals surface area contributed by atoms with Crippen LogP contribution in [0, 0.1) is 12.8 Å². The van der Waals surface area contributed by atoms with Gasteiger partial charge in [-0.3, -0.25) is 14.5 Å². The van der Waals surface area contributed by atoms with Crippen LogP contribution < -0.4 is 0 Å². The number of aromatic nitrogens is 1. The van der Waals surface area contributed by atoms with Crippen LogP contribution in [0.25, 0.3) is 10.9 Å². The summed E-state index contributed by atoms with van der Waals surface area (Å²) in [6, 6.07) is 7.84. The van der Waals surface area contributed by atoms with Gasteiger partial charge in [0, 0.05) is 41.2 Å². The zero-order valence-corrected chi connectivity index (χ0v) is 17.7. The van der Waals surface area contributed by atoms with Gasteiger partial charge in [-0.15, -0.1) is 0 Å². The number of amides is 1. The molecule has 5 heteroatoms. The van der Waals surface area contributed by atoms with E-state index in [0.717, 1.165) is 74.0 Å². The number of nitrogens with one attached hydrogen (secondary N) is 1. The van der Waals surface area contributed by atoms with Crippen molar-refractivity contribution >= 4 is 22.6 Å². The van der Waals surface area contributed by atoms with Gasteiger partial charge in [0.2, 0.25) is 5.91 Å². The van der Waals surface area contributed by atoms with Crippen molar-refractivity contribution in [2.24, 2.45) is 5.92 Å². The van der Waals surface area contributed by atoms with Gasteiger partial charge in [-0.2, -0.15) is 0 Å². The minimum absolute atomic E-state index is 0.126. The molecule has 2 aliphatic rings. The smallest absolute Gasteiger partial charge is 0.225 e. The maximum absolute atomic E-state index is 13.3. The van der Waals surface area contributed by atoms with Crippen LogP contribution in [0.2, 0.25) is 0 Å². The van der Waals surface area contributed by atoms with Crippen molar-refractivity contribution in [2.45, 2.75) is 58.4 Å². The van der Waals surface area contributed by atoms with Crippen molar-refractivity contribution in [3.05, 3.63) is 35.5 Å². The Kier molecular flexibility index (Phi) is 6.04. The number of H-pyrrole nitrogens is 1. The van der Waals surface area contributed by atoms with E-state index >= 15 is 0 Å². The molecule has 29 heavy (non-hydrogen) atoms. The molecule has 3 heterocycles. The maximum Gasteiger partial charge on any atom is 0.225 e. The van der Waals surface area contributed by atoms with Gasteiger partial charge < -0.3 is 9.88 Å². The summed E-state index contributed by atoms with van der Waals surface area (Å²) in [5.41, 5.74) is 2.77. The number of carbonyl (C=O) groups excluding carboxylic acids is 2. The molecule has 0 spiro atoms. The fourth-order valence-electron chi connectivity index (χ4n) is 5.05. The number of para-hydroxylation sites is 1. The van der Waals surface area contributed by atoms with Gasteiger partial charge >= 0.3 is 0 Å². The molecule has 0 saturated carbocycles. The normalized spacial score (nSPS) is 20.6. The number of hydrogen-bond donors (Lipinski definition) is 1. The Bertz CT molecular complexity index is 871. The van der Waals surface area contributed by atoms with E-state index in [1.165, 1.54) is 12.8 Å². The first-order valence-corrected chi connectivity index (χ1v) is 11.2. The van der Waals surface area contributed by atoms with Gasteiger partial charge in [0.25, 0.3) is 0 Å². The lowest BCUT2D eigenvalue weighted by atomic mass is 9.92. The predicted octanol–water partition coefficient (Wildman–Crippen LogP) is 4.16. The molecule has 5 nitrogen and oxygen atoms in total. The zero-order chi connectivity index (χ0) is 20.4. The molecule has 1 N–H and O–H groups in total. The van der Waals surface area contributed by atoms with Crippen LogP contribution in [0.1, 0.15) is 61.5 Å². The van der Waals surface area contributed by atoms with E-state index in [1.807, 2.05) is 38.1 Å². The highest BCUT2D eigenvalue weighted by Gasteiger charge is 2.33. The molecule has 1 atom stereocenters. The number of aromatic amines is 1. The van der Waals surface area contributed by atoms with E-state index in [1.54, 1.807) is 0 Å². The Morgan fingerprint density at radius 2 is 1.66 bits per heavy atom. The number of benzene rings is 1. The van der Waals surface area contributed by atoms with Crippen molar-refractivity contribution in [2.75, 3.05) is 26.2 Å². The number of likely N-dealkylation sites (tertiary alicyclic amines) is 2. The number of nitrogens with zero attached hydrogens (tertiary/aromatic N) is 2. The van der Waals surface area contributed by atoms with Crippen molar-refractivity contribution in [3.63, 3.8) is 0 Å². The fraction of sp³-hybridized carbons (Fsp3) is 0.583. The SMILES string of the molecule is Cc1[nH]c2ccccc2c1C(=O)C(C)N1CCC(C(=O)N2CCCCCC2)CC1. The first-order valence-electron chi connectivity index (χ1n) is 11.2. The monoisotopic (exact) mass is 395 g/mol. The van der Waals surface area contributed by atoms with Gasteiger partial charge in [-0.05, 0) is 58.7 Å². The third-order valence-electron chi connectivity index (χ3n) is 6.86. The summed E-state index contributed by atoms with van der Waals surface area (Å²) in [6.07, 6.45) is 6.49. The zero-order valence-electron chi connectivity index (χ0n) is 17.7. The molecule has 2 aromatic rings. The average molecular weight is 396 g/mol. The molecular weight excluding hydrogens is 362 g/mol. The van der Waals surface area contributed by atoms with Crippen LogP contribution in [0.3, 0.4) is 0 Å². The summed E-state index contributed by atoms with van der Waals surface area (Å²) in [4.78, 5) is 33.9. The number of Topliss-reactive ketones (excluding diaryl/α,β-unsaturated/α-hetero) is 1. The average Bonchev–Trinajstić information content (AvgIpc) is 2.91. The summed E-state index contributed by atoms with van der Waals surface area (Å²) in [5, 5.41) is 1.01. The molecule has 1 amide bonds. The molecule has 1 aromatic heterocycles. The molecule has 156 valence electrons. The Hall–Kier alpha value is -2.14. The second kappa shape index (κ2) is 8.70. The molecule has 0 radical (unpaired) electrons. The Labute approximate surface area is 173 Å². The minimum Gasteiger partial charge on any atom is -0.358 e. The molecule has 4 rings (SSSR count). The van der Waals surface area contributed by atoms with Crippen LogP contribution in [-0.4, -0.2) is 58.7 Å². The topological polar surface area (TPSA) is 56.4 Å². The van der Waals surface area contributed by atoms with Gasteiger partial charge in [0.1, 0.15) is 0 Å². The Morgan fingerprint density at radius 1 is 1.00 bits per heavy atom. The molecule has 0 aliphatic carbocycles. The number of aryl methyl sites for hydroxylation is 1. The molecule has 2 saturated heterocycles. The number of piperidine rings is 1. The van der Waals surface area contributed by atoms with Crippen LogP contribution in [0.4, 0.5) is 0 Å². The molecular formula is C24H33N3O2. The number of hydrogen-bond acceptors (Lipinski definition) is 3. The van der Waals surface area contributed by atoms with Crippen molar-refractivity contribution in [1.29, 1.82) is 0 Å². The van der Waals surface area contributed by atoms with Crippen molar-refractivity contribution in [1.82, 2.24) is 14.8 Å². The van der Waals surface area contributed by atoms with Gasteiger partial charge in [0.15, 0.2) is 5.78 Å². The largest absolute Gasteiger partial charge is 0.358 e. The van der Waals surface area contributed by atoms with E-state index < -0.39 is 0 Å². The highest BCUT2D eigenvalue weighted by Crippen LogP contribution is 2.27. The minimum atomic E-state index is -0.165. The first kappa shape index (κ1) is 20.1. The lowest BCUT2D eigenvalue weighted by Gasteiger charge is -2.36. The highest BCUT2D eigenvalue weighted by atomic mass is 16.2. The van der Waals surface area contributed by atoms with Crippen molar-refractivity contribution in [3.8, 4) is 0 Å². The first-order chi connectivity index (χ1) is 14.1. The number of carbonyl (C=O) groups is 2. The lowest BCUT2D eigenvalue weighted by Crippen LogP contribution is -2.47. The molecule has 2 fully saturated rings. The molecule has 1 unspecified atom stereocenters. The van der Waals surface area contributed by atoms with Crippen molar-refractivity contribution < 1.29 is 9.59 Å². The standard InChI is InChI=1S/C24H33N3O2/c1-17-22(20-9-5-6-10-21(20)25-17)23(28)18(2)26-15-11-19(12-16-26)24(29)27-13-7-3-4-8-14-27/h5-6,9-10,18-19,25H,3-4,7-8,11-16H2,1-2H3. The number of ketones is 1. The van der Waals surface area contributed by atoms with Crippen LogP contribution in [0.5, 0.6) is 0 Å². The lowest BCUT2D eigenvalue weighted by molar-refractivity contribution is -0.137. The Balaban J connectivity index is 1.39. The van der Waals surface area contributed by atoms with E-state index in [9.17, 15) is 9.59 Å². The van der Waals surface area contributed by atoms with E-state index in [0.29, 0.717) is 5.91 Å². The van der Waals surface area contributed by atoms with E-state index in [4.69, 9.17) is 0 Å². The summed E-state index contributed by atoms with van der Waals surface area (Å²) in [7, 11) is 0. The van der Waals surface area contributed by atoms with Gasteiger partial charge in [-0.1, -0.05) is 31.0 Å². The van der Waals surface area contributed by atoms with Gasteiger partial charge in [0.05, 0.1) is 6.04 Å². The molecule has 1 aromatic carbocycles. The molecule has 2 aliphatic heterocycles. The highest BCUT2D eigenvalue weighted by molar-refractivity contribution is 6.11. The van der Waals surface area contributed by atoms with Gasteiger partial charge in [-0.25, -0.2) is 0 Å². The number of rotatable bonds is 4. The van der Waals surface area contributed by atoms with Crippen LogP contribution in [0.15, 0.2) is 24.3 Å².